The fourth-order valence-electron chi connectivity index (χ4n) is 2.18. The molecule has 1 aromatic rings. The topological polar surface area (TPSA) is 49.8 Å². The Bertz CT molecular complexity index is 442. The van der Waals surface area contributed by atoms with Gasteiger partial charge in [0.05, 0.1) is 0 Å². The minimum atomic E-state index is -1.22. The van der Waals surface area contributed by atoms with Crippen LogP contribution in [0.1, 0.15) is 12.5 Å². The third-order valence-corrected chi connectivity index (χ3v) is 3.14. The van der Waals surface area contributed by atoms with Crippen LogP contribution in [0.25, 0.3) is 5.57 Å². The number of benzene rings is 1. The van der Waals surface area contributed by atoms with Crippen molar-refractivity contribution in [2.24, 2.45) is 0 Å². The van der Waals surface area contributed by atoms with E-state index in [1.807, 2.05) is 30.3 Å². The van der Waals surface area contributed by atoms with Crippen LogP contribution in [0.2, 0.25) is 0 Å². The quantitative estimate of drug-likeness (QED) is 0.834. The SMILES string of the molecule is CCN1CC=C(c2ccccc2)C(OC(=O)O)C1. The zero-order valence-electron chi connectivity index (χ0n) is 10.4. The van der Waals surface area contributed by atoms with Gasteiger partial charge in [-0.2, -0.15) is 0 Å². The Morgan fingerprint density at radius 3 is 2.78 bits per heavy atom. The van der Waals surface area contributed by atoms with Gasteiger partial charge in [0, 0.05) is 13.1 Å². The maximum absolute atomic E-state index is 10.8. The van der Waals surface area contributed by atoms with Crippen molar-refractivity contribution < 1.29 is 14.6 Å². The number of nitrogens with zero attached hydrogens (tertiary/aromatic N) is 1. The summed E-state index contributed by atoms with van der Waals surface area (Å²) in [6.45, 7) is 4.39. The second-order valence-electron chi connectivity index (χ2n) is 4.25. The van der Waals surface area contributed by atoms with Crippen LogP contribution in [-0.4, -0.2) is 41.9 Å². The zero-order valence-corrected chi connectivity index (χ0v) is 10.4. The molecule has 0 bridgehead atoms. The van der Waals surface area contributed by atoms with Crippen LogP contribution in [0.3, 0.4) is 0 Å². The normalized spacial score (nSPS) is 20.3. The summed E-state index contributed by atoms with van der Waals surface area (Å²) in [5.41, 5.74) is 1.99. The van der Waals surface area contributed by atoms with Crippen molar-refractivity contribution in [3.63, 3.8) is 0 Å². The van der Waals surface area contributed by atoms with Gasteiger partial charge < -0.3 is 9.84 Å². The number of likely N-dealkylation sites (N-methyl/N-ethyl adjacent to an activating group) is 1. The molecule has 4 heteroatoms. The lowest BCUT2D eigenvalue weighted by atomic mass is 9.97. The highest BCUT2D eigenvalue weighted by Crippen LogP contribution is 2.25. The third kappa shape index (κ3) is 2.90. The number of carbonyl (C=O) groups is 1. The Hall–Kier alpha value is -1.81. The van der Waals surface area contributed by atoms with Crippen molar-refractivity contribution in [1.29, 1.82) is 0 Å². The van der Waals surface area contributed by atoms with E-state index in [-0.39, 0.29) is 0 Å². The molecule has 0 radical (unpaired) electrons. The fourth-order valence-corrected chi connectivity index (χ4v) is 2.18. The molecule has 1 aliphatic rings. The lowest BCUT2D eigenvalue weighted by molar-refractivity contribution is 0.0561. The molecule has 4 nitrogen and oxygen atoms in total. The molecule has 0 aliphatic carbocycles. The molecule has 0 aromatic heterocycles. The molecule has 1 unspecified atom stereocenters. The number of carboxylic acid groups (broad SMARTS) is 1. The molecule has 2 rings (SSSR count). The Kier molecular flexibility index (Phi) is 3.99. The molecule has 0 amide bonds. The van der Waals surface area contributed by atoms with Gasteiger partial charge in [-0.25, -0.2) is 4.79 Å². The standard InChI is InChI=1S/C14H17NO3/c1-2-15-9-8-12(11-6-4-3-5-7-11)13(10-15)18-14(16)17/h3-8,13H,2,9-10H2,1H3,(H,16,17). The van der Waals surface area contributed by atoms with Gasteiger partial charge in [0.2, 0.25) is 0 Å². The van der Waals surface area contributed by atoms with E-state index in [1.54, 1.807) is 0 Å². The van der Waals surface area contributed by atoms with Crippen molar-refractivity contribution in [2.75, 3.05) is 19.6 Å². The van der Waals surface area contributed by atoms with E-state index in [2.05, 4.69) is 17.9 Å². The second-order valence-corrected chi connectivity index (χ2v) is 4.25. The molecular formula is C14H17NO3. The van der Waals surface area contributed by atoms with E-state index >= 15 is 0 Å². The van der Waals surface area contributed by atoms with Crippen molar-refractivity contribution in [1.82, 2.24) is 4.90 Å². The van der Waals surface area contributed by atoms with E-state index in [0.717, 1.165) is 24.2 Å². The lowest BCUT2D eigenvalue weighted by Crippen LogP contribution is -2.39. The van der Waals surface area contributed by atoms with Gasteiger partial charge >= 0.3 is 6.16 Å². The third-order valence-electron chi connectivity index (χ3n) is 3.14. The smallest absolute Gasteiger partial charge is 0.450 e. The summed E-state index contributed by atoms with van der Waals surface area (Å²) in [6.07, 6.45) is 0.425. The van der Waals surface area contributed by atoms with Crippen LogP contribution in [0.15, 0.2) is 36.4 Å². The van der Waals surface area contributed by atoms with Gasteiger partial charge in [-0.05, 0) is 17.7 Å². The summed E-state index contributed by atoms with van der Waals surface area (Å²) < 4.78 is 5.00. The minimum absolute atomic E-state index is 0.404. The Morgan fingerprint density at radius 2 is 2.17 bits per heavy atom. The highest BCUT2D eigenvalue weighted by atomic mass is 16.7. The number of hydrogen-bond acceptors (Lipinski definition) is 3. The average Bonchev–Trinajstić information content (AvgIpc) is 2.39. The Morgan fingerprint density at radius 1 is 1.44 bits per heavy atom. The molecule has 96 valence electrons. The molecule has 1 N–H and O–H groups in total. The molecule has 1 aromatic carbocycles. The molecule has 0 fully saturated rings. The molecule has 0 saturated heterocycles. The second kappa shape index (κ2) is 5.69. The maximum atomic E-state index is 10.8. The summed E-state index contributed by atoms with van der Waals surface area (Å²) in [4.78, 5) is 12.9. The maximum Gasteiger partial charge on any atom is 0.506 e. The molecule has 0 saturated carbocycles. The summed E-state index contributed by atoms with van der Waals surface area (Å²) in [6, 6.07) is 9.79. The van der Waals surface area contributed by atoms with Crippen molar-refractivity contribution in [2.45, 2.75) is 13.0 Å². The van der Waals surface area contributed by atoms with Crippen LogP contribution >= 0.6 is 0 Å². The monoisotopic (exact) mass is 247 g/mol. The fraction of sp³-hybridized carbons (Fsp3) is 0.357. The molecule has 0 spiro atoms. The van der Waals surface area contributed by atoms with Gasteiger partial charge in [0.25, 0.3) is 0 Å². The van der Waals surface area contributed by atoms with Crippen LogP contribution in [0.5, 0.6) is 0 Å². The number of rotatable bonds is 3. The van der Waals surface area contributed by atoms with Gasteiger partial charge in [0.15, 0.2) is 0 Å². The van der Waals surface area contributed by atoms with Gasteiger partial charge in [-0.1, -0.05) is 43.3 Å². The summed E-state index contributed by atoms with van der Waals surface area (Å²) in [5.74, 6) is 0. The lowest BCUT2D eigenvalue weighted by Gasteiger charge is -2.31. The van der Waals surface area contributed by atoms with Crippen molar-refractivity contribution >= 4 is 11.7 Å². The predicted octanol–water partition coefficient (Wildman–Crippen LogP) is 2.47. The molecule has 1 aliphatic heterocycles. The first-order valence-electron chi connectivity index (χ1n) is 6.08. The van der Waals surface area contributed by atoms with Gasteiger partial charge in [0.1, 0.15) is 6.10 Å². The van der Waals surface area contributed by atoms with Gasteiger partial charge in [-0.15, -0.1) is 0 Å². The largest absolute Gasteiger partial charge is 0.506 e. The van der Waals surface area contributed by atoms with Crippen molar-refractivity contribution in [3.8, 4) is 0 Å². The summed E-state index contributed by atoms with van der Waals surface area (Å²) in [5, 5.41) is 8.82. The van der Waals surface area contributed by atoms with Crippen LogP contribution < -0.4 is 0 Å². The molecule has 1 atom stereocenters. The van der Waals surface area contributed by atoms with Gasteiger partial charge in [-0.3, -0.25) is 4.90 Å². The summed E-state index contributed by atoms with van der Waals surface area (Å²) >= 11 is 0. The minimum Gasteiger partial charge on any atom is -0.450 e. The average molecular weight is 247 g/mol. The van der Waals surface area contributed by atoms with E-state index in [1.165, 1.54) is 0 Å². The Labute approximate surface area is 106 Å². The van der Waals surface area contributed by atoms with Crippen LogP contribution in [-0.2, 0) is 4.74 Å². The molecule has 18 heavy (non-hydrogen) atoms. The number of ether oxygens (including phenoxy) is 1. The number of hydrogen-bond donors (Lipinski definition) is 1. The summed E-state index contributed by atoms with van der Waals surface area (Å²) in [7, 11) is 0. The first-order chi connectivity index (χ1) is 8.70. The van der Waals surface area contributed by atoms with E-state index in [0.29, 0.717) is 6.54 Å². The first-order valence-corrected chi connectivity index (χ1v) is 6.08. The van der Waals surface area contributed by atoms with E-state index in [9.17, 15) is 4.79 Å². The van der Waals surface area contributed by atoms with E-state index in [4.69, 9.17) is 9.84 Å². The zero-order chi connectivity index (χ0) is 13.0. The van der Waals surface area contributed by atoms with E-state index < -0.39 is 12.3 Å². The highest BCUT2D eigenvalue weighted by Gasteiger charge is 2.26. The highest BCUT2D eigenvalue weighted by molar-refractivity contribution is 5.72. The molecular weight excluding hydrogens is 230 g/mol. The predicted molar refractivity (Wildman–Crippen MR) is 69.4 cm³/mol. The van der Waals surface area contributed by atoms with Crippen LogP contribution in [0, 0.1) is 0 Å². The first kappa shape index (κ1) is 12.6. The Balaban J connectivity index is 2.25. The van der Waals surface area contributed by atoms with Crippen molar-refractivity contribution in [3.05, 3.63) is 42.0 Å². The van der Waals surface area contributed by atoms with Crippen LogP contribution in [0.4, 0.5) is 4.79 Å². The molecule has 1 heterocycles.